The molecule has 0 saturated heterocycles. The molecule has 0 aliphatic carbocycles. The van der Waals surface area contributed by atoms with E-state index in [1.165, 1.54) is 6.92 Å². The maximum Gasteiger partial charge on any atom is 0.531 e. The SMILES string of the molecule is C[C@@](O)(CCO)CC(=O)OP(=O)=O. The van der Waals surface area contributed by atoms with E-state index < -0.39 is 25.9 Å². The van der Waals surface area contributed by atoms with Crippen LogP contribution in [-0.4, -0.2) is 28.4 Å². The van der Waals surface area contributed by atoms with E-state index in [4.69, 9.17) is 5.11 Å². The van der Waals surface area contributed by atoms with Crippen molar-refractivity contribution >= 4 is 13.9 Å². The summed E-state index contributed by atoms with van der Waals surface area (Å²) in [6.45, 7) is 1.02. The smallest absolute Gasteiger partial charge is 0.396 e. The van der Waals surface area contributed by atoms with E-state index in [9.17, 15) is 19.0 Å². The molecule has 0 aromatic rings. The quantitative estimate of drug-likeness (QED) is 0.626. The number of hydrogen-bond donors (Lipinski definition) is 2. The molecule has 0 bridgehead atoms. The van der Waals surface area contributed by atoms with Gasteiger partial charge in [0.1, 0.15) is 0 Å². The molecule has 0 aliphatic heterocycles. The Balaban J connectivity index is 4.03. The van der Waals surface area contributed by atoms with Gasteiger partial charge in [-0.2, -0.15) is 9.13 Å². The van der Waals surface area contributed by atoms with E-state index >= 15 is 0 Å². The van der Waals surface area contributed by atoms with Crippen LogP contribution in [-0.2, 0) is 18.4 Å². The van der Waals surface area contributed by atoms with Crippen LogP contribution < -0.4 is 0 Å². The van der Waals surface area contributed by atoms with Crippen molar-refractivity contribution in [2.45, 2.75) is 25.4 Å². The molecule has 0 aromatic heterocycles. The van der Waals surface area contributed by atoms with Crippen LogP contribution in [0, 0.1) is 0 Å². The van der Waals surface area contributed by atoms with E-state index in [1.807, 2.05) is 0 Å². The summed E-state index contributed by atoms with van der Waals surface area (Å²) >= 11 is 0. The maximum absolute atomic E-state index is 10.7. The molecule has 0 fully saturated rings. The molecule has 0 rings (SSSR count). The molecular weight excluding hydrogens is 199 g/mol. The van der Waals surface area contributed by atoms with Crippen LogP contribution in [0.3, 0.4) is 0 Å². The van der Waals surface area contributed by atoms with Crippen molar-refractivity contribution in [1.29, 1.82) is 0 Å². The van der Waals surface area contributed by atoms with Crippen molar-refractivity contribution < 1.29 is 28.7 Å². The van der Waals surface area contributed by atoms with Gasteiger partial charge in [0.25, 0.3) is 0 Å². The minimum absolute atomic E-state index is 0.0161. The summed E-state index contributed by atoms with van der Waals surface area (Å²) < 4.78 is 23.6. The second-order valence-corrected chi connectivity index (χ2v) is 3.46. The van der Waals surface area contributed by atoms with Gasteiger partial charge in [-0.3, -0.25) is 4.79 Å². The summed E-state index contributed by atoms with van der Waals surface area (Å²) in [5, 5.41) is 17.8. The summed E-state index contributed by atoms with van der Waals surface area (Å²) in [4.78, 5) is 10.7. The number of carbonyl (C=O) groups is 1. The number of aliphatic hydroxyl groups excluding tert-OH is 1. The standard InChI is InChI=1S/C6H11O6P/c1-6(9,2-3-7)4-5(8)12-13(10)11/h7,9H,2-4H2,1H3/t6-/m1/s1. The summed E-state index contributed by atoms with van der Waals surface area (Å²) in [6.07, 6.45) is -0.478. The van der Waals surface area contributed by atoms with Crippen LogP contribution in [0.4, 0.5) is 0 Å². The summed E-state index contributed by atoms with van der Waals surface area (Å²) in [7, 11) is -3.23. The van der Waals surface area contributed by atoms with Crippen LogP contribution in [0.5, 0.6) is 0 Å². The molecule has 0 radical (unpaired) electrons. The van der Waals surface area contributed by atoms with Crippen LogP contribution >= 0.6 is 7.91 Å². The molecule has 0 saturated carbocycles. The fraction of sp³-hybridized carbons (Fsp3) is 0.833. The van der Waals surface area contributed by atoms with E-state index in [0.717, 1.165) is 0 Å². The molecule has 0 amide bonds. The molecule has 0 spiro atoms. The number of aliphatic hydroxyl groups is 2. The molecule has 0 aromatic carbocycles. The van der Waals surface area contributed by atoms with Crippen LogP contribution in [0.1, 0.15) is 19.8 Å². The van der Waals surface area contributed by atoms with Crippen molar-refractivity contribution in [3.8, 4) is 0 Å². The van der Waals surface area contributed by atoms with E-state index in [0.29, 0.717) is 0 Å². The van der Waals surface area contributed by atoms with Crippen molar-refractivity contribution in [3.63, 3.8) is 0 Å². The Bertz CT molecular complexity index is 236. The topological polar surface area (TPSA) is 101 Å². The van der Waals surface area contributed by atoms with Crippen LogP contribution in [0.2, 0.25) is 0 Å². The first-order valence-electron chi connectivity index (χ1n) is 3.56. The van der Waals surface area contributed by atoms with Crippen molar-refractivity contribution in [2.24, 2.45) is 0 Å². The third-order valence-corrected chi connectivity index (χ3v) is 1.70. The number of hydrogen-bond acceptors (Lipinski definition) is 6. The molecule has 7 heteroatoms. The largest absolute Gasteiger partial charge is 0.531 e. The third-order valence-electron chi connectivity index (χ3n) is 1.35. The fourth-order valence-electron chi connectivity index (χ4n) is 0.756. The zero-order valence-corrected chi connectivity index (χ0v) is 7.99. The lowest BCUT2D eigenvalue weighted by molar-refractivity contribution is -0.139. The monoisotopic (exact) mass is 210 g/mol. The van der Waals surface area contributed by atoms with Gasteiger partial charge in [0.05, 0.1) is 12.0 Å². The molecule has 13 heavy (non-hydrogen) atoms. The normalized spacial score (nSPS) is 14.7. The summed E-state index contributed by atoms with van der Waals surface area (Å²) in [5.74, 6) is -1.03. The molecule has 1 atom stereocenters. The van der Waals surface area contributed by atoms with Crippen molar-refractivity contribution in [2.75, 3.05) is 6.61 Å². The maximum atomic E-state index is 10.7. The first-order valence-corrected chi connectivity index (χ1v) is 4.65. The molecule has 76 valence electrons. The predicted octanol–water partition coefficient (Wildman–Crippen LogP) is 0.141. The second kappa shape index (κ2) is 5.11. The number of rotatable bonds is 5. The molecule has 0 unspecified atom stereocenters. The minimum atomic E-state index is -3.23. The lowest BCUT2D eigenvalue weighted by atomic mass is 9.99. The highest BCUT2D eigenvalue weighted by molar-refractivity contribution is 7.25. The minimum Gasteiger partial charge on any atom is -0.396 e. The second-order valence-electron chi connectivity index (χ2n) is 2.83. The first-order chi connectivity index (χ1) is 5.87. The van der Waals surface area contributed by atoms with Crippen molar-refractivity contribution in [1.82, 2.24) is 0 Å². The zero-order chi connectivity index (χ0) is 10.5. The fourth-order valence-corrected chi connectivity index (χ4v) is 0.986. The van der Waals surface area contributed by atoms with Gasteiger partial charge in [-0.05, 0) is 13.3 Å². The summed E-state index contributed by atoms with van der Waals surface area (Å²) in [6, 6.07) is 0. The van der Waals surface area contributed by atoms with Crippen LogP contribution in [0.15, 0.2) is 0 Å². The Hall–Kier alpha value is -0.710. The average Bonchev–Trinajstić information content (AvgIpc) is 1.81. The Labute approximate surface area is 75.4 Å². The highest BCUT2D eigenvalue weighted by Gasteiger charge is 2.25. The lowest BCUT2D eigenvalue weighted by Crippen LogP contribution is -2.29. The Morgan fingerprint density at radius 2 is 2.08 bits per heavy atom. The van der Waals surface area contributed by atoms with Gasteiger partial charge in [-0.25, -0.2) is 0 Å². The zero-order valence-electron chi connectivity index (χ0n) is 7.10. The highest BCUT2D eigenvalue weighted by atomic mass is 31.1. The molecule has 0 heterocycles. The van der Waals surface area contributed by atoms with Gasteiger partial charge in [0.15, 0.2) is 0 Å². The Kier molecular flexibility index (Phi) is 4.83. The number of carbonyl (C=O) groups excluding carboxylic acids is 1. The van der Waals surface area contributed by atoms with E-state index in [1.54, 1.807) is 0 Å². The lowest BCUT2D eigenvalue weighted by Gasteiger charge is -2.19. The molecular formula is C6H11O6P. The third kappa shape index (κ3) is 6.45. The van der Waals surface area contributed by atoms with Gasteiger partial charge in [-0.1, -0.05) is 0 Å². The Morgan fingerprint density at radius 3 is 2.46 bits per heavy atom. The average molecular weight is 210 g/mol. The van der Waals surface area contributed by atoms with Gasteiger partial charge < -0.3 is 14.7 Å². The van der Waals surface area contributed by atoms with E-state index in [2.05, 4.69) is 4.52 Å². The highest BCUT2D eigenvalue weighted by Crippen LogP contribution is 2.17. The summed E-state index contributed by atoms with van der Waals surface area (Å²) in [5.41, 5.74) is -1.43. The molecule has 0 aliphatic rings. The molecule has 2 N–H and O–H groups in total. The van der Waals surface area contributed by atoms with Gasteiger partial charge >= 0.3 is 13.9 Å². The van der Waals surface area contributed by atoms with Crippen molar-refractivity contribution in [3.05, 3.63) is 0 Å². The van der Waals surface area contributed by atoms with Crippen LogP contribution in [0.25, 0.3) is 0 Å². The van der Waals surface area contributed by atoms with Gasteiger partial charge in [0, 0.05) is 6.61 Å². The first kappa shape index (κ1) is 12.3. The van der Waals surface area contributed by atoms with E-state index in [-0.39, 0.29) is 13.0 Å². The predicted molar refractivity (Wildman–Crippen MR) is 41.3 cm³/mol. The van der Waals surface area contributed by atoms with Gasteiger partial charge in [-0.15, -0.1) is 0 Å². The molecule has 6 nitrogen and oxygen atoms in total. The Morgan fingerprint density at radius 1 is 1.54 bits per heavy atom. The van der Waals surface area contributed by atoms with Gasteiger partial charge in [0.2, 0.25) is 0 Å².